The quantitative estimate of drug-likeness (QED) is 0.619. The highest BCUT2D eigenvalue weighted by Gasteiger charge is 2.18. The Morgan fingerprint density at radius 3 is 2.28 bits per heavy atom. The Morgan fingerprint density at radius 1 is 0.969 bits per heavy atom. The van der Waals surface area contributed by atoms with Crippen molar-refractivity contribution in [3.05, 3.63) is 58.5 Å². The van der Waals surface area contributed by atoms with Crippen LogP contribution >= 0.6 is 0 Å². The van der Waals surface area contributed by atoms with Gasteiger partial charge in [-0.05, 0) is 55.8 Å². The predicted molar refractivity (Wildman–Crippen MR) is 131 cm³/mol. The van der Waals surface area contributed by atoms with Crippen LogP contribution in [0.5, 0.6) is 0 Å². The number of amides is 1. The first-order chi connectivity index (χ1) is 15.5. The average molecular weight is 436 g/mol. The minimum atomic E-state index is -0.195. The number of piperazine rings is 1. The second-order valence-electron chi connectivity index (χ2n) is 8.48. The first-order valence-corrected chi connectivity index (χ1v) is 11.6. The summed E-state index contributed by atoms with van der Waals surface area (Å²) in [7, 11) is 0. The minimum absolute atomic E-state index is 0.00374. The lowest BCUT2D eigenvalue weighted by atomic mass is 10.1. The molecular formula is C25H33N5O2. The van der Waals surface area contributed by atoms with Crippen LogP contribution in [0, 0.1) is 6.92 Å². The van der Waals surface area contributed by atoms with E-state index in [0.29, 0.717) is 6.54 Å². The number of aryl methyl sites for hydroxylation is 2. The molecule has 0 saturated carbocycles. The third kappa shape index (κ3) is 4.43. The maximum atomic E-state index is 12.9. The van der Waals surface area contributed by atoms with E-state index in [1.54, 1.807) is 9.13 Å². The van der Waals surface area contributed by atoms with Crippen LogP contribution in [0.2, 0.25) is 0 Å². The van der Waals surface area contributed by atoms with E-state index in [4.69, 9.17) is 0 Å². The average Bonchev–Trinajstić information content (AvgIpc) is 3.07. The molecule has 7 nitrogen and oxygen atoms in total. The smallest absolute Gasteiger partial charge is 0.329 e. The molecule has 170 valence electrons. The van der Waals surface area contributed by atoms with Gasteiger partial charge >= 0.3 is 5.69 Å². The number of aromatic nitrogens is 2. The Kier molecular flexibility index (Phi) is 6.65. The number of hydrogen-bond acceptors (Lipinski definition) is 4. The first-order valence-electron chi connectivity index (χ1n) is 11.6. The minimum Gasteiger partial charge on any atom is -0.369 e. The molecule has 4 rings (SSSR count). The molecule has 7 heteroatoms. The number of carbonyl (C=O) groups is 1. The lowest BCUT2D eigenvalue weighted by molar-refractivity contribution is -0.116. The number of benzene rings is 2. The number of carbonyl (C=O) groups excluding carboxylic acids is 1. The van der Waals surface area contributed by atoms with E-state index in [0.717, 1.165) is 61.4 Å². The summed E-state index contributed by atoms with van der Waals surface area (Å²) >= 11 is 0. The monoisotopic (exact) mass is 435 g/mol. The molecule has 0 radical (unpaired) electrons. The summed E-state index contributed by atoms with van der Waals surface area (Å²) in [5.74, 6) is -0.195. The van der Waals surface area contributed by atoms with Crippen molar-refractivity contribution >= 4 is 28.3 Å². The van der Waals surface area contributed by atoms with Gasteiger partial charge in [-0.15, -0.1) is 0 Å². The molecule has 1 aliphatic rings. The highest BCUT2D eigenvalue weighted by Crippen LogP contribution is 2.24. The summed E-state index contributed by atoms with van der Waals surface area (Å²) in [6.07, 6.45) is 0.860. The van der Waals surface area contributed by atoms with Gasteiger partial charge in [0, 0.05) is 44.1 Å². The zero-order valence-corrected chi connectivity index (χ0v) is 19.3. The van der Waals surface area contributed by atoms with E-state index in [9.17, 15) is 9.59 Å². The number of nitrogens with zero attached hydrogens (tertiary/aromatic N) is 4. The van der Waals surface area contributed by atoms with Crippen LogP contribution in [0.1, 0.15) is 25.8 Å². The molecule has 1 saturated heterocycles. The van der Waals surface area contributed by atoms with Gasteiger partial charge < -0.3 is 15.1 Å². The summed E-state index contributed by atoms with van der Waals surface area (Å²) in [6, 6.07) is 13.8. The second kappa shape index (κ2) is 9.61. The lowest BCUT2D eigenvalue weighted by Crippen LogP contribution is -2.46. The van der Waals surface area contributed by atoms with E-state index in [2.05, 4.69) is 34.2 Å². The normalized spacial score (nSPS) is 14.8. The predicted octanol–water partition coefficient (Wildman–Crippen LogP) is 3.30. The van der Waals surface area contributed by atoms with Crippen molar-refractivity contribution in [2.45, 2.75) is 40.3 Å². The number of imidazole rings is 1. The topological polar surface area (TPSA) is 62.5 Å². The number of para-hydroxylation sites is 2. The lowest BCUT2D eigenvalue weighted by Gasteiger charge is -2.35. The fourth-order valence-corrected chi connectivity index (χ4v) is 4.51. The Labute approximate surface area is 189 Å². The molecule has 1 N–H and O–H groups in total. The van der Waals surface area contributed by atoms with Crippen LogP contribution < -0.4 is 15.9 Å². The van der Waals surface area contributed by atoms with Crippen molar-refractivity contribution in [3.8, 4) is 0 Å². The number of nitrogens with one attached hydrogen (secondary N) is 1. The maximum Gasteiger partial charge on any atom is 0.329 e. The molecule has 1 aromatic heterocycles. The van der Waals surface area contributed by atoms with Crippen LogP contribution in [0.15, 0.2) is 47.3 Å². The Hall–Kier alpha value is -3.06. The van der Waals surface area contributed by atoms with Crippen LogP contribution in [-0.4, -0.2) is 52.7 Å². The molecule has 1 fully saturated rings. The van der Waals surface area contributed by atoms with Gasteiger partial charge in [0.25, 0.3) is 0 Å². The summed E-state index contributed by atoms with van der Waals surface area (Å²) in [5, 5.41) is 3.00. The van der Waals surface area contributed by atoms with E-state index >= 15 is 0 Å². The Balaban J connectivity index is 1.48. The summed E-state index contributed by atoms with van der Waals surface area (Å²) in [5.41, 5.74) is 4.53. The van der Waals surface area contributed by atoms with Crippen molar-refractivity contribution in [2.75, 3.05) is 42.9 Å². The van der Waals surface area contributed by atoms with Crippen molar-refractivity contribution in [1.29, 1.82) is 0 Å². The van der Waals surface area contributed by atoms with Crippen LogP contribution in [-0.2, 0) is 17.9 Å². The van der Waals surface area contributed by atoms with Gasteiger partial charge in [-0.1, -0.05) is 26.0 Å². The third-order valence-corrected chi connectivity index (χ3v) is 6.34. The fraction of sp³-hybridized carbons (Fsp3) is 0.440. The first kappa shape index (κ1) is 22.1. The van der Waals surface area contributed by atoms with Crippen LogP contribution in [0.3, 0.4) is 0 Å². The molecule has 0 bridgehead atoms. The van der Waals surface area contributed by atoms with E-state index in [1.165, 1.54) is 5.69 Å². The second-order valence-corrected chi connectivity index (χ2v) is 8.48. The molecule has 1 aliphatic heterocycles. The van der Waals surface area contributed by atoms with Crippen molar-refractivity contribution < 1.29 is 4.79 Å². The van der Waals surface area contributed by atoms with E-state index in [-0.39, 0.29) is 18.1 Å². The Morgan fingerprint density at radius 2 is 1.66 bits per heavy atom. The molecule has 0 atom stereocenters. The molecule has 32 heavy (non-hydrogen) atoms. The standard InChI is InChI=1S/C25H33N5O2/c1-4-12-29-22-8-6-7-9-23(22)30(25(29)32)18-24(31)26-21-11-10-20(17-19(21)3)28-15-13-27(5-2)14-16-28/h6-11,17H,4-5,12-16,18H2,1-3H3,(H,26,31). The molecular weight excluding hydrogens is 402 g/mol. The Bertz CT molecular complexity index is 1150. The highest BCUT2D eigenvalue weighted by molar-refractivity contribution is 5.92. The third-order valence-electron chi connectivity index (χ3n) is 6.34. The van der Waals surface area contributed by atoms with Gasteiger partial charge in [-0.2, -0.15) is 0 Å². The summed E-state index contributed by atoms with van der Waals surface area (Å²) < 4.78 is 3.32. The van der Waals surface area contributed by atoms with Gasteiger partial charge in [0.15, 0.2) is 0 Å². The van der Waals surface area contributed by atoms with Gasteiger partial charge in [0.05, 0.1) is 11.0 Å². The molecule has 2 heterocycles. The zero-order chi connectivity index (χ0) is 22.7. The van der Waals surface area contributed by atoms with Crippen LogP contribution in [0.25, 0.3) is 11.0 Å². The molecule has 0 aliphatic carbocycles. The van der Waals surface area contributed by atoms with Gasteiger partial charge in [-0.3, -0.25) is 13.9 Å². The summed E-state index contributed by atoms with van der Waals surface area (Å²) in [4.78, 5) is 30.6. The van der Waals surface area contributed by atoms with Crippen molar-refractivity contribution in [1.82, 2.24) is 14.0 Å². The van der Waals surface area contributed by atoms with Gasteiger partial charge in [0.1, 0.15) is 6.54 Å². The van der Waals surface area contributed by atoms with E-state index in [1.807, 2.05) is 44.2 Å². The van der Waals surface area contributed by atoms with Crippen LogP contribution in [0.4, 0.5) is 11.4 Å². The van der Waals surface area contributed by atoms with Gasteiger partial charge in [-0.25, -0.2) is 4.79 Å². The molecule has 3 aromatic rings. The fourth-order valence-electron chi connectivity index (χ4n) is 4.51. The van der Waals surface area contributed by atoms with E-state index < -0.39 is 0 Å². The number of likely N-dealkylation sites (N-methyl/N-ethyl adjacent to an activating group) is 1. The number of rotatable bonds is 7. The van der Waals surface area contributed by atoms with Crippen molar-refractivity contribution in [3.63, 3.8) is 0 Å². The number of anilines is 2. The van der Waals surface area contributed by atoms with Crippen molar-refractivity contribution in [2.24, 2.45) is 0 Å². The largest absolute Gasteiger partial charge is 0.369 e. The number of hydrogen-bond donors (Lipinski definition) is 1. The molecule has 0 spiro atoms. The SMILES string of the molecule is CCCn1c(=O)n(CC(=O)Nc2ccc(N3CCN(CC)CC3)cc2C)c2ccccc21. The van der Waals surface area contributed by atoms with Gasteiger partial charge in [0.2, 0.25) is 5.91 Å². The molecule has 2 aromatic carbocycles. The number of fused-ring (bicyclic) bond motifs is 1. The zero-order valence-electron chi connectivity index (χ0n) is 19.3. The maximum absolute atomic E-state index is 12.9. The molecule has 1 amide bonds. The molecule has 0 unspecified atom stereocenters. The summed E-state index contributed by atoms with van der Waals surface area (Å²) in [6.45, 7) is 12.2. The highest BCUT2D eigenvalue weighted by atomic mass is 16.2.